The van der Waals surface area contributed by atoms with Crippen molar-refractivity contribution in [2.24, 2.45) is 0 Å². The van der Waals surface area contributed by atoms with Crippen LogP contribution in [-0.2, 0) is 6.54 Å². The molecule has 1 fully saturated rings. The molecule has 26 heteroatoms. The Hall–Kier alpha value is -7.80. The lowest BCUT2D eigenvalue weighted by atomic mass is 9.12. The van der Waals surface area contributed by atoms with E-state index in [9.17, 15) is 62.3 Å². The lowest BCUT2D eigenvalue weighted by Crippen LogP contribution is -2.81. The number of nitrogens with zero attached hydrogens (tertiary/aromatic N) is 2. The average Bonchev–Trinajstić information content (AvgIpc) is 3.41. The highest BCUT2D eigenvalue weighted by Gasteiger charge is 2.52. The van der Waals surface area contributed by atoms with Gasteiger partial charge in [0.25, 0.3) is 0 Å². The Morgan fingerprint density at radius 1 is 0.467 bits per heavy atom. The van der Waals surface area contributed by atoms with E-state index < -0.39 is 150 Å². The summed E-state index contributed by atoms with van der Waals surface area (Å²) >= 11 is 0. The third-order valence-electron chi connectivity index (χ3n) is 12.3. The first-order valence-electron chi connectivity index (χ1n) is 21.4. The lowest BCUT2D eigenvalue weighted by Gasteiger charge is -2.44. The molecule has 5 nitrogen and oxygen atoms in total. The highest BCUT2D eigenvalue weighted by Crippen LogP contribution is 2.34. The molecule has 0 spiro atoms. The summed E-state index contributed by atoms with van der Waals surface area (Å²) in [7, 11) is 0. The van der Waals surface area contributed by atoms with Crippen LogP contribution in [0.1, 0.15) is 64.4 Å². The maximum absolute atomic E-state index is 15.4. The van der Waals surface area contributed by atoms with E-state index in [0.29, 0.717) is 17.2 Å². The Morgan fingerprint density at radius 2 is 0.813 bits per heavy atom. The van der Waals surface area contributed by atoms with E-state index >= 15 is 35.1 Å². The summed E-state index contributed by atoms with van der Waals surface area (Å²) in [5, 5.41) is 0. The Bertz CT molecular complexity index is 3030. The van der Waals surface area contributed by atoms with Crippen molar-refractivity contribution in [3.05, 3.63) is 206 Å². The molecule has 1 heterocycles. The summed E-state index contributed by atoms with van der Waals surface area (Å²) in [4.78, 5) is 29.3. The number of carbonyl (C=O) groups is 2. The van der Waals surface area contributed by atoms with E-state index in [0.717, 1.165) is 0 Å². The highest BCUT2D eigenvalue weighted by atomic mass is 19.2. The molecule has 8 rings (SSSR count). The fourth-order valence-corrected chi connectivity index (χ4v) is 8.84. The first kappa shape index (κ1) is 55.0. The van der Waals surface area contributed by atoms with Crippen LogP contribution in [-0.4, -0.2) is 22.9 Å². The summed E-state index contributed by atoms with van der Waals surface area (Å²) in [6.45, 7) is 0.0393. The third-order valence-corrected chi connectivity index (χ3v) is 12.3. The van der Waals surface area contributed by atoms with Gasteiger partial charge in [0.05, 0.1) is 6.20 Å². The molecule has 1 aromatic heterocycles. The van der Waals surface area contributed by atoms with E-state index in [-0.39, 0.29) is 18.0 Å². The molecule has 6 aromatic carbocycles. The number of halogens is 20. The Morgan fingerprint density at radius 3 is 1.17 bits per heavy atom. The molecule has 1 saturated carbocycles. The van der Waals surface area contributed by atoms with E-state index in [2.05, 4.69) is 17.1 Å². The van der Waals surface area contributed by atoms with Crippen molar-refractivity contribution in [1.29, 1.82) is 0 Å². The van der Waals surface area contributed by atoms with Crippen molar-refractivity contribution in [3.8, 4) is 5.75 Å². The molecule has 0 radical (unpaired) electrons. The van der Waals surface area contributed by atoms with Gasteiger partial charge >= 0.3 is 11.7 Å². The van der Waals surface area contributed by atoms with Crippen LogP contribution in [0.25, 0.3) is 0 Å². The zero-order valence-electron chi connectivity index (χ0n) is 37.0. The van der Waals surface area contributed by atoms with Gasteiger partial charge in [-0.2, -0.15) is 4.57 Å². The van der Waals surface area contributed by atoms with Crippen LogP contribution in [0, 0.1) is 116 Å². The van der Waals surface area contributed by atoms with Crippen LogP contribution in [0.5, 0.6) is 5.75 Å². The Balaban J connectivity index is 0.000000236. The summed E-state index contributed by atoms with van der Waals surface area (Å²) in [5.74, 6) is -70.9. The monoisotopic (exact) mass is 1080 g/mol. The van der Waals surface area contributed by atoms with Crippen molar-refractivity contribution in [1.82, 2.24) is 4.98 Å². The quantitative estimate of drug-likeness (QED) is 0.0200. The molecule has 0 amide bonds. The van der Waals surface area contributed by atoms with E-state index in [1.165, 1.54) is 43.9 Å². The number of rotatable bonds is 10. The molecule has 0 unspecified atom stereocenters. The second kappa shape index (κ2) is 21.6. The molecule has 0 bridgehead atoms. The number of Topliss-reactive ketones (excluding diaryl/α,β-unsaturated/α-hetero) is 1. The second-order valence-corrected chi connectivity index (χ2v) is 16.5. The minimum absolute atomic E-state index is 0.0393. The topological polar surface area (TPSA) is 60.1 Å². The summed E-state index contributed by atoms with van der Waals surface area (Å²) in [6.07, 6.45) is 3.71. The number of esters is 1. The van der Waals surface area contributed by atoms with E-state index in [1.807, 2.05) is 30.3 Å². The maximum atomic E-state index is 15.4. The van der Waals surface area contributed by atoms with Crippen LogP contribution >= 0.6 is 0 Å². The summed E-state index contributed by atoms with van der Waals surface area (Å²) < 4.78 is 301. The average molecular weight is 1080 g/mol. The first-order valence-corrected chi connectivity index (χ1v) is 21.4. The van der Waals surface area contributed by atoms with Crippen molar-refractivity contribution < 1.29 is 107 Å². The van der Waals surface area contributed by atoms with Gasteiger partial charge in [0, 0.05) is 5.56 Å². The lowest BCUT2D eigenvalue weighted by molar-refractivity contribution is -0.686. The van der Waals surface area contributed by atoms with E-state index in [4.69, 9.17) is 4.74 Å². The SMILES string of the molecule is Fc1c(F)c(F)c([B-](c2c(F)c(F)c(F)c(F)c2F)(c2c(F)c(F)c(F)c(F)c2F)c2c(F)c(F)c(F)c(F)c2F)c(F)c1F.O=C(C[n+]1ccncc1C(=O)Oc1ccc(C2CCCCC2)cc1)c1ccccc1. The van der Waals surface area contributed by atoms with Crippen LogP contribution < -0.4 is 31.2 Å². The molecule has 7 aromatic rings. The molecule has 0 saturated heterocycles. The van der Waals surface area contributed by atoms with Crippen LogP contribution in [0.15, 0.2) is 73.2 Å². The number of ketones is 1. The standard InChI is InChI=1S/C25H25N2O3.C24BF20/c28-24(21-9-5-2-6-10-21)18-27-16-15-26-17-23(27)25(29)30-22-13-11-20(12-14-22)19-7-3-1-4-8-19;26-5-1(6(27)14(35)21(42)13(5)34)25(2-7(28)15(36)22(43)16(37)8(2)29,3-9(30)17(38)23(44)18(39)10(3)31)4-11(32)19(40)24(45)20(41)12(4)33/h2,5-6,9-17,19H,1,3-4,7-8,18H2;/q+1;-1. The van der Waals surface area contributed by atoms with Crippen LogP contribution in [0.2, 0.25) is 0 Å². The van der Waals surface area contributed by atoms with Gasteiger partial charge in [-0.3, -0.25) is 9.78 Å². The van der Waals surface area contributed by atoms with Gasteiger partial charge < -0.3 is 4.74 Å². The number of carbonyl (C=O) groups excluding carboxylic acids is 2. The number of ether oxygens (including phenoxy) is 1. The first-order chi connectivity index (χ1) is 35.4. The molecule has 0 atom stereocenters. The van der Waals surface area contributed by atoms with Crippen molar-refractivity contribution in [2.45, 2.75) is 44.6 Å². The number of benzene rings is 6. The fraction of sp³-hybridized carbons (Fsp3) is 0.143. The van der Waals surface area contributed by atoms with Gasteiger partial charge in [0.2, 0.25) is 12.3 Å². The van der Waals surface area contributed by atoms with Crippen molar-refractivity contribution in [2.75, 3.05) is 0 Å². The van der Waals surface area contributed by atoms with Gasteiger partial charge in [-0.25, -0.2) is 92.6 Å². The fourth-order valence-electron chi connectivity index (χ4n) is 8.84. The Kier molecular flexibility index (Phi) is 15.8. The third kappa shape index (κ3) is 9.53. The van der Waals surface area contributed by atoms with Gasteiger partial charge in [0.1, 0.15) is 64.6 Å². The van der Waals surface area contributed by atoms with E-state index in [1.54, 1.807) is 29.1 Å². The van der Waals surface area contributed by atoms with Crippen molar-refractivity contribution in [3.63, 3.8) is 0 Å². The minimum Gasteiger partial charge on any atom is -0.419 e. The van der Waals surface area contributed by atoms with Gasteiger partial charge in [0.15, 0.2) is 76.0 Å². The second-order valence-electron chi connectivity index (χ2n) is 16.5. The molecule has 0 aliphatic heterocycles. The van der Waals surface area contributed by atoms with Crippen molar-refractivity contribution >= 4 is 39.7 Å². The van der Waals surface area contributed by atoms with Gasteiger partial charge in [-0.05, 0) is 36.5 Å². The predicted molar refractivity (Wildman–Crippen MR) is 222 cm³/mol. The van der Waals surface area contributed by atoms with Gasteiger partial charge in [-0.1, -0.05) is 61.7 Å². The highest BCUT2D eigenvalue weighted by molar-refractivity contribution is 7.20. The van der Waals surface area contributed by atoms with Crippen LogP contribution in [0.4, 0.5) is 87.8 Å². The molecule has 0 N–H and O–H groups in total. The smallest absolute Gasteiger partial charge is 0.410 e. The summed E-state index contributed by atoms with van der Waals surface area (Å²) in [6, 6.07) is 16.8. The predicted octanol–water partition coefficient (Wildman–Crippen LogP) is 10.4. The van der Waals surface area contributed by atoms with Crippen LogP contribution in [0.3, 0.4) is 0 Å². The summed E-state index contributed by atoms with van der Waals surface area (Å²) in [5.41, 5.74) is -12.2. The molecule has 1 aliphatic carbocycles. The largest absolute Gasteiger partial charge is 0.419 e. The zero-order chi connectivity index (χ0) is 55.1. The number of hydrogen-bond donors (Lipinski definition) is 0. The molecular formula is C49H25BF20N2O3. The number of aromatic nitrogens is 2. The normalized spacial score (nSPS) is 12.9. The zero-order valence-corrected chi connectivity index (χ0v) is 37.0. The number of hydrogen-bond acceptors (Lipinski definition) is 4. The maximum Gasteiger partial charge on any atom is 0.410 e. The minimum atomic E-state index is -7.22. The molecule has 75 heavy (non-hydrogen) atoms. The Labute approximate surface area is 407 Å². The van der Waals surface area contributed by atoms with Gasteiger partial charge in [-0.15, -0.1) is 21.9 Å². The molecule has 392 valence electrons. The molecular weight excluding hydrogens is 1060 g/mol. The molecule has 1 aliphatic rings.